The fourth-order valence-electron chi connectivity index (χ4n) is 3.29. The van der Waals surface area contributed by atoms with Crippen molar-refractivity contribution in [2.45, 2.75) is 69.9 Å². The molecule has 1 N–H and O–H groups in total. The van der Waals surface area contributed by atoms with Gasteiger partial charge < -0.3 is 14.5 Å². The molecule has 1 aliphatic carbocycles. The van der Waals surface area contributed by atoms with E-state index < -0.39 is 0 Å². The molecule has 1 aromatic heterocycles. The van der Waals surface area contributed by atoms with E-state index in [2.05, 4.69) is 10.3 Å². The molecule has 2 fully saturated rings. The topological polar surface area (TPSA) is 64.4 Å². The first-order valence-corrected chi connectivity index (χ1v) is 8.20. The standard InChI is InChI=1S/C16H24N2O3/c19-16(18-12-7-4-2-1-3-5-8-12)14-15(21-11-17-14)13-9-6-10-20-13/h11-13H,1-10H2,(H,18,19). The summed E-state index contributed by atoms with van der Waals surface area (Å²) in [6.07, 6.45) is 11.6. The van der Waals surface area contributed by atoms with Gasteiger partial charge in [0.15, 0.2) is 17.8 Å². The first-order chi connectivity index (χ1) is 10.3. The molecule has 3 rings (SSSR count). The van der Waals surface area contributed by atoms with Crippen molar-refractivity contribution in [3.63, 3.8) is 0 Å². The Morgan fingerprint density at radius 2 is 1.86 bits per heavy atom. The number of nitrogens with zero attached hydrogens (tertiary/aromatic N) is 1. The molecule has 0 spiro atoms. The maximum atomic E-state index is 12.5. The minimum absolute atomic E-state index is 0.106. The summed E-state index contributed by atoms with van der Waals surface area (Å²) in [4.78, 5) is 16.6. The summed E-state index contributed by atoms with van der Waals surface area (Å²) in [6.45, 7) is 0.731. The molecule has 21 heavy (non-hydrogen) atoms. The van der Waals surface area contributed by atoms with Crippen LogP contribution >= 0.6 is 0 Å². The van der Waals surface area contributed by atoms with E-state index in [-0.39, 0.29) is 18.1 Å². The van der Waals surface area contributed by atoms with Gasteiger partial charge in [0, 0.05) is 12.6 Å². The Morgan fingerprint density at radius 1 is 1.10 bits per heavy atom. The van der Waals surface area contributed by atoms with E-state index in [1.165, 1.54) is 38.5 Å². The zero-order valence-electron chi connectivity index (χ0n) is 12.5. The van der Waals surface area contributed by atoms with Crippen molar-refractivity contribution >= 4 is 5.91 Å². The van der Waals surface area contributed by atoms with Crippen LogP contribution in [0.1, 0.15) is 80.1 Å². The Kier molecular flexibility index (Phi) is 4.91. The van der Waals surface area contributed by atoms with Crippen molar-refractivity contribution in [3.05, 3.63) is 17.8 Å². The quantitative estimate of drug-likeness (QED) is 0.927. The number of nitrogens with one attached hydrogen (secondary N) is 1. The van der Waals surface area contributed by atoms with E-state index in [1.807, 2.05) is 0 Å². The summed E-state index contributed by atoms with van der Waals surface area (Å²) in [5.41, 5.74) is 0.406. The molecule has 1 atom stereocenters. The largest absolute Gasteiger partial charge is 0.445 e. The lowest BCUT2D eigenvalue weighted by Crippen LogP contribution is -2.36. The molecule has 0 radical (unpaired) electrons. The Labute approximate surface area is 125 Å². The summed E-state index contributed by atoms with van der Waals surface area (Å²) in [5, 5.41) is 3.14. The smallest absolute Gasteiger partial charge is 0.273 e. The van der Waals surface area contributed by atoms with Crippen molar-refractivity contribution in [3.8, 4) is 0 Å². The van der Waals surface area contributed by atoms with Crippen LogP contribution < -0.4 is 5.32 Å². The predicted octanol–water partition coefficient (Wildman–Crippen LogP) is 3.37. The van der Waals surface area contributed by atoms with Crippen molar-refractivity contribution in [2.24, 2.45) is 0 Å². The van der Waals surface area contributed by atoms with Crippen LogP contribution in [0.2, 0.25) is 0 Å². The van der Waals surface area contributed by atoms with Gasteiger partial charge in [0.05, 0.1) is 0 Å². The highest BCUT2D eigenvalue weighted by molar-refractivity contribution is 5.93. The fourth-order valence-corrected chi connectivity index (χ4v) is 3.29. The predicted molar refractivity (Wildman–Crippen MR) is 78.0 cm³/mol. The summed E-state index contributed by atoms with van der Waals surface area (Å²) in [5.74, 6) is 0.482. The molecule has 5 heteroatoms. The van der Waals surface area contributed by atoms with Gasteiger partial charge in [0.1, 0.15) is 6.10 Å². The molecule has 116 valence electrons. The Balaban J connectivity index is 1.63. The zero-order chi connectivity index (χ0) is 14.5. The lowest BCUT2D eigenvalue weighted by atomic mass is 9.96. The van der Waals surface area contributed by atoms with Crippen LogP contribution in [0, 0.1) is 0 Å². The summed E-state index contributed by atoms with van der Waals surface area (Å²) in [6, 6.07) is 0.270. The fraction of sp³-hybridized carbons (Fsp3) is 0.750. The number of ether oxygens (including phenoxy) is 1. The number of hydrogen-bond acceptors (Lipinski definition) is 4. The second-order valence-corrected chi connectivity index (χ2v) is 6.08. The zero-order valence-corrected chi connectivity index (χ0v) is 12.5. The second-order valence-electron chi connectivity index (χ2n) is 6.08. The third kappa shape index (κ3) is 3.64. The molecular formula is C16H24N2O3. The molecule has 1 unspecified atom stereocenters. The molecule has 1 aromatic rings. The molecule has 1 saturated carbocycles. The highest BCUT2D eigenvalue weighted by atomic mass is 16.5. The van der Waals surface area contributed by atoms with Gasteiger partial charge in [-0.1, -0.05) is 32.1 Å². The summed E-state index contributed by atoms with van der Waals surface area (Å²) >= 11 is 0. The van der Waals surface area contributed by atoms with Crippen LogP contribution in [-0.2, 0) is 4.74 Å². The number of rotatable bonds is 3. The average molecular weight is 292 g/mol. The van der Waals surface area contributed by atoms with Gasteiger partial charge >= 0.3 is 0 Å². The number of hydrogen-bond donors (Lipinski definition) is 1. The highest BCUT2D eigenvalue weighted by Crippen LogP contribution is 2.30. The summed E-state index contributed by atoms with van der Waals surface area (Å²) < 4.78 is 11.0. The number of amides is 1. The second kappa shape index (κ2) is 7.07. The lowest BCUT2D eigenvalue weighted by molar-refractivity contribution is 0.0849. The molecular weight excluding hydrogens is 268 g/mol. The number of oxazole rings is 1. The van der Waals surface area contributed by atoms with Gasteiger partial charge in [0.25, 0.3) is 5.91 Å². The van der Waals surface area contributed by atoms with Gasteiger partial charge in [-0.2, -0.15) is 0 Å². The van der Waals surface area contributed by atoms with Crippen LogP contribution in [0.5, 0.6) is 0 Å². The van der Waals surface area contributed by atoms with Gasteiger partial charge in [-0.3, -0.25) is 4.79 Å². The molecule has 5 nitrogen and oxygen atoms in total. The maximum absolute atomic E-state index is 12.5. The van der Waals surface area contributed by atoms with E-state index in [1.54, 1.807) is 0 Å². The molecule has 1 aliphatic heterocycles. The highest BCUT2D eigenvalue weighted by Gasteiger charge is 2.28. The van der Waals surface area contributed by atoms with E-state index in [0.717, 1.165) is 32.3 Å². The van der Waals surface area contributed by atoms with Crippen molar-refractivity contribution in [1.29, 1.82) is 0 Å². The van der Waals surface area contributed by atoms with Gasteiger partial charge in [0.2, 0.25) is 0 Å². The molecule has 2 aliphatic rings. The first kappa shape index (κ1) is 14.6. The van der Waals surface area contributed by atoms with Crippen molar-refractivity contribution in [2.75, 3.05) is 6.61 Å². The van der Waals surface area contributed by atoms with Crippen LogP contribution in [0.3, 0.4) is 0 Å². The minimum atomic E-state index is -0.111. The number of aromatic nitrogens is 1. The van der Waals surface area contributed by atoms with E-state index in [0.29, 0.717) is 11.5 Å². The summed E-state index contributed by atoms with van der Waals surface area (Å²) in [7, 11) is 0. The van der Waals surface area contributed by atoms with Crippen LogP contribution in [0.25, 0.3) is 0 Å². The van der Waals surface area contributed by atoms with Crippen LogP contribution in [0.15, 0.2) is 10.8 Å². The maximum Gasteiger partial charge on any atom is 0.273 e. The van der Waals surface area contributed by atoms with Gasteiger partial charge in [-0.15, -0.1) is 0 Å². The molecule has 0 bridgehead atoms. The van der Waals surface area contributed by atoms with Crippen molar-refractivity contribution in [1.82, 2.24) is 10.3 Å². The van der Waals surface area contributed by atoms with Crippen LogP contribution in [-0.4, -0.2) is 23.5 Å². The average Bonchev–Trinajstić information content (AvgIpc) is 3.10. The van der Waals surface area contributed by atoms with Crippen LogP contribution in [0.4, 0.5) is 0 Å². The Bertz CT molecular complexity index is 458. The van der Waals surface area contributed by atoms with Crippen molar-refractivity contribution < 1.29 is 13.9 Å². The molecule has 1 amide bonds. The minimum Gasteiger partial charge on any atom is -0.445 e. The molecule has 2 heterocycles. The van der Waals surface area contributed by atoms with Gasteiger partial charge in [-0.05, 0) is 25.7 Å². The molecule has 0 aromatic carbocycles. The Morgan fingerprint density at radius 3 is 2.57 bits per heavy atom. The SMILES string of the molecule is O=C(NC1CCCCCCC1)c1ncoc1C1CCCO1. The molecule has 1 saturated heterocycles. The van der Waals surface area contributed by atoms with E-state index >= 15 is 0 Å². The number of carbonyl (C=O) groups excluding carboxylic acids is 1. The lowest BCUT2D eigenvalue weighted by Gasteiger charge is -2.20. The van der Waals surface area contributed by atoms with Gasteiger partial charge in [-0.25, -0.2) is 4.98 Å². The van der Waals surface area contributed by atoms with E-state index in [4.69, 9.17) is 9.15 Å². The third-order valence-corrected chi connectivity index (χ3v) is 4.47. The number of carbonyl (C=O) groups is 1. The monoisotopic (exact) mass is 292 g/mol. The third-order valence-electron chi connectivity index (χ3n) is 4.47. The Hall–Kier alpha value is -1.36. The van der Waals surface area contributed by atoms with E-state index in [9.17, 15) is 4.79 Å². The first-order valence-electron chi connectivity index (χ1n) is 8.20. The normalized spacial score (nSPS) is 24.5.